The number of nitriles is 1. The van der Waals surface area contributed by atoms with E-state index in [1.165, 1.54) is 11.8 Å². The Labute approximate surface area is 169 Å². The number of carbonyl (C=O) groups excluding carboxylic acids is 1. The number of esters is 1. The van der Waals surface area contributed by atoms with Gasteiger partial charge >= 0.3 is 5.97 Å². The molecule has 0 aliphatic carbocycles. The average molecular weight is 391 g/mol. The molecule has 3 aromatic rings. The SMILES string of the molecule is CCOC(=O)C(C)(C)Sc1ccncc1Cc1ccc(C#N)c2ccccc12. The Bertz CT molecular complexity index is 1050. The van der Waals surface area contributed by atoms with Crippen LogP contribution in [0.3, 0.4) is 0 Å². The van der Waals surface area contributed by atoms with Gasteiger partial charge in [0.05, 0.1) is 18.2 Å². The van der Waals surface area contributed by atoms with E-state index in [0.29, 0.717) is 18.6 Å². The zero-order chi connectivity index (χ0) is 20.1. The lowest BCUT2D eigenvalue weighted by atomic mass is 9.96. The molecular formula is C23H22N2O2S. The summed E-state index contributed by atoms with van der Waals surface area (Å²) < 4.78 is 4.52. The van der Waals surface area contributed by atoms with Crippen LogP contribution >= 0.6 is 11.8 Å². The van der Waals surface area contributed by atoms with E-state index < -0.39 is 4.75 Å². The third-order valence-electron chi connectivity index (χ3n) is 4.51. The summed E-state index contributed by atoms with van der Waals surface area (Å²) in [4.78, 5) is 17.6. The highest BCUT2D eigenvalue weighted by Gasteiger charge is 2.31. The fourth-order valence-corrected chi connectivity index (χ4v) is 4.16. The Morgan fingerprint density at radius 3 is 2.61 bits per heavy atom. The Balaban J connectivity index is 1.96. The first-order valence-corrected chi connectivity index (χ1v) is 9.97. The first kappa shape index (κ1) is 19.9. The van der Waals surface area contributed by atoms with Crippen LogP contribution in [0.15, 0.2) is 59.8 Å². The van der Waals surface area contributed by atoms with Crippen molar-refractivity contribution in [2.45, 2.75) is 36.8 Å². The molecule has 1 aromatic heterocycles. The first-order chi connectivity index (χ1) is 13.5. The van der Waals surface area contributed by atoms with Gasteiger partial charge in [-0.1, -0.05) is 30.3 Å². The minimum atomic E-state index is -0.696. The lowest BCUT2D eigenvalue weighted by Crippen LogP contribution is -2.30. The Morgan fingerprint density at radius 2 is 1.89 bits per heavy atom. The Hall–Kier alpha value is -2.84. The highest BCUT2D eigenvalue weighted by molar-refractivity contribution is 8.01. The van der Waals surface area contributed by atoms with Crippen LogP contribution in [0.4, 0.5) is 0 Å². The molecular weight excluding hydrogens is 368 g/mol. The van der Waals surface area contributed by atoms with Crippen molar-refractivity contribution >= 4 is 28.5 Å². The van der Waals surface area contributed by atoms with Crippen LogP contribution in [-0.4, -0.2) is 22.3 Å². The molecule has 0 fully saturated rings. The van der Waals surface area contributed by atoms with E-state index in [2.05, 4.69) is 11.1 Å². The molecule has 142 valence electrons. The number of rotatable bonds is 6. The summed E-state index contributed by atoms with van der Waals surface area (Å²) in [7, 11) is 0. The molecule has 0 atom stereocenters. The number of hydrogen-bond donors (Lipinski definition) is 0. The second kappa shape index (κ2) is 8.45. The number of thioether (sulfide) groups is 1. The van der Waals surface area contributed by atoms with E-state index in [4.69, 9.17) is 4.74 Å². The molecule has 0 saturated heterocycles. The summed E-state index contributed by atoms with van der Waals surface area (Å²) in [6.45, 7) is 5.92. The molecule has 0 unspecified atom stereocenters. The molecule has 0 spiro atoms. The van der Waals surface area contributed by atoms with Crippen molar-refractivity contribution < 1.29 is 9.53 Å². The van der Waals surface area contributed by atoms with Gasteiger partial charge in [-0.25, -0.2) is 0 Å². The number of hydrogen-bond acceptors (Lipinski definition) is 5. The minimum absolute atomic E-state index is 0.230. The molecule has 4 nitrogen and oxygen atoms in total. The molecule has 0 saturated carbocycles. The number of carbonyl (C=O) groups is 1. The van der Waals surface area contributed by atoms with Crippen molar-refractivity contribution in [2.75, 3.05) is 6.61 Å². The largest absolute Gasteiger partial charge is 0.465 e. The molecule has 0 aliphatic rings. The van der Waals surface area contributed by atoms with Crippen molar-refractivity contribution in [1.29, 1.82) is 5.26 Å². The fraction of sp³-hybridized carbons (Fsp3) is 0.261. The molecule has 5 heteroatoms. The topological polar surface area (TPSA) is 63.0 Å². The minimum Gasteiger partial charge on any atom is -0.465 e. The average Bonchev–Trinajstić information content (AvgIpc) is 2.69. The zero-order valence-electron chi connectivity index (χ0n) is 16.2. The maximum Gasteiger partial charge on any atom is 0.321 e. The molecule has 0 aliphatic heterocycles. The standard InChI is InChI=1S/C23H22N2O2S/c1-4-27-22(26)23(2,3)28-21-11-12-25-15-18(21)13-16-9-10-17(14-24)20-8-6-5-7-19(16)20/h5-12,15H,4,13H2,1-3H3. The van der Waals surface area contributed by atoms with Gasteiger partial charge in [-0.2, -0.15) is 5.26 Å². The van der Waals surface area contributed by atoms with Crippen LogP contribution in [0.25, 0.3) is 10.8 Å². The summed E-state index contributed by atoms with van der Waals surface area (Å²) in [5.74, 6) is -0.230. The number of pyridine rings is 1. The van der Waals surface area contributed by atoms with E-state index in [9.17, 15) is 10.1 Å². The Kier molecular flexibility index (Phi) is 6.01. The quantitative estimate of drug-likeness (QED) is 0.431. The predicted molar refractivity (Wildman–Crippen MR) is 112 cm³/mol. The van der Waals surface area contributed by atoms with E-state index in [1.54, 1.807) is 6.20 Å². The van der Waals surface area contributed by atoms with Crippen molar-refractivity contribution in [1.82, 2.24) is 4.98 Å². The smallest absolute Gasteiger partial charge is 0.321 e. The molecule has 2 aromatic carbocycles. The van der Waals surface area contributed by atoms with Crippen LogP contribution in [0.5, 0.6) is 0 Å². The molecule has 0 N–H and O–H groups in total. The highest BCUT2D eigenvalue weighted by atomic mass is 32.2. The number of ether oxygens (including phenoxy) is 1. The second-order valence-electron chi connectivity index (χ2n) is 6.92. The van der Waals surface area contributed by atoms with Crippen molar-refractivity contribution in [2.24, 2.45) is 0 Å². The lowest BCUT2D eigenvalue weighted by molar-refractivity contribution is -0.145. The molecule has 1 heterocycles. The van der Waals surface area contributed by atoms with E-state index >= 15 is 0 Å². The van der Waals surface area contributed by atoms with Gasteiger partial charge in [0.15, 0.2) is 0 Å². The second-order valence-corrected chi connectivity index (χ2v) is 8.59. The zero-order valence-corrected chi connectivity index (χ0v) is 17.0. The van der Waals surface area contributed by atoms with E-state index in [-0.39, 0.29) is 5.97 Å². The number of aromatic nitrogens is 1. The molecule has 3 rings (SSSR count). The molecule has 0 radical (unpaired) electrons. The third-order valence-corrected chi connectivity index (χ3v) is 5.80. The Morgan fingerprint density at radius 1 is 1.14 bits per heavy atom. The van der Waals surface area contributed by atoms with Gasteiger partial charge in [-0.15, -0.1) is 11.8 Å². The summed E-state index contributed by atoms with van der Waals surface area (Å²) >= 11 is 1.49. The van der Waals surface area contributed by atoms with Gasteiger partial charge in [0.1, 0.15) is 4.75 Å². The molecule has 0 amide bonds. The summed E-state index contributed by atoms with van der Waals surface area (Å²) in [6, 6.07) is 16.0. The molecule has 0 bridgehead atoms. The summed E-state index contributed by atoms with van der Waals surface area (Å²) in [5, 5.41) is 11.4. The van der Waals surface area contributed by atoms with Crippen LogP contribution < -0.4 is 0 Å². The van der Waals surface area contributed by atoms with E-state index in [0.717, 1.165) is 26.8 Å². The van der Waals surface area contributed by atoms with Crippen molar-refractivity contribution in [3.63, 3.8) is 0 Å². The fourth-order valence-electron chi connectivity index (χ4n) is 3.09. The third kappa shape index (κ3) is 4.18. The first-order valence-electron chi connectivity index (χ1n) is 9.16. The van der Waals surface area contributed by atoms with Crippen LogP contribution in [0.1, 0.15) is 37.5 Å². The van der Waals surface area contributed by atoms with Gasteiger partial charge in [0.25, 0.3) is 0 Å². The van der Waals surface area contributed by atoms with Crippen LogP contribution in [0.2, 0.25) is 0 Å². The maximum atomic E-state index is 12.3. The van der Waals surface area contributed by atoms with Gasteiger partial charge in [0.2, 0.25) is 0 Å². The van der Waals surface area contributed by atoms with Crippen LogP contribution in [-0.2, 0) is 16.0 Å². The molecule has 28 heavy (non-hydrogen) atoms. The van der Waals surface area contributed by atoms with Gasteiger partial charge in [0, 0.05) is 23.7 Å². The van der Waals surface area contributed by atoms with Gasteiger partial charge in [-0.05, 0) is 54.8 Å². The number of nitrogens with zero attached hydrogens (tertiary/aromatic N) is 2. The number of fused-ring (bicyclic) bond motifs is 1. The van der Waals surface area contributed by atoms with Crippen LogP contribution in [0, 0.1) is 11.3 Å². The predicted octanol–water partition coefficient (Wildman–Crippen LogP) is 5.13. The lowest BCUT2D eigenvalue weighted by Gasteiger charge is -2.23. The maximum absolute atomic E-state index is 12.3. The van der Waals surface area contributed by atoms with E-state index in [1.807, 2.05) is 69.4 Å². The number of benzene rings is 2. The van der Waals surface area contributed by atoms with Crippen molar-refractivity contribution in [3.05, 3.63) is 71.5 Å². The van der Waals surface area contributed by atoms with Crippen molar-refractivity contribution in [3.8, 4) is 6.07 Å². The normalized spacial score (nSPS) is 11.2. The highest BCUT2D eigenvalue weighted by Crippen LogP contribution is 2.36. The summed E-state index contributed by atoms with van der Waals surface area (Å²) in [6.07, 6.45) is 4.25. The van der Waals surface area contributed by atoms with Gasteiger partial charge in [-0.3, -0.25) is 9.78 Å². The monoisotopic (exact) mass is 390 g/mol. The van der Waals surface area contributed by atoms with Gasteiger partial charge < -0.3 is 4.74 Å². The summed E-state index contributed by atoms with van der Waals surface area (Å²) in [5.41, 5.74) is 2.83.